The molecule has 1 saturated carbocycles. The molecule has 1 aliphatic carbocycles. The Labute approximate surface area is 215 Å². The van der Waals surface area contributed by atoms with Crippen LogP contribution in [0, 0.1) is 5.82 Å². The van der Waals surface area contributed by atoms with E-state index in [0.717, 1.165) is 51.1 Å². The molecule has 9 heteroatoms. The normalized spacial score (nSPS) is 22.8. The summed E-state index contributed by atoms with van der Waals surface area (Å²) in [7, 11) is 0. The molecule has 37 heavy (non-hydrogen) atoms. The fourth-order valence-corrected chi connectivity index (χ4v) is 5.80. The van der Waals surface area contributed by atoms with Crippen molar-refractivity contribution in [2.75, 3.05) is 25.4 Å². The minimum Gasteiger partial charge on any atom is -0.457 e. The smallest absolute Gasteiger partial charge is 0.153 e. The molecule has 6 rings (SSSR count). The average molecular weight is 502 g/mol. The van der Waals surface area contributed by atoms with Gasteiger partial charge in [0.15, 0.2) is 5.82 Å². The van der Waals surface area contributed by atoms with Gasteiger partial charge in [0.05, 0.1) is 0 Å². The molecule has 2 aromatic heterocycles. The molecule has 4 aromatic rings. The zero-order valence-electron chi connectivity index (χ0n) is 21.0. The second-order valence-corrected chi connectivity index (χ2v) is 10.1. The number of para-hydroxylation sites is 1. The van der Waals surface area contributed by atoms with E-state index >= 15 is 4.39 Å². The first-order chi connectivity index (χ1) is 18.1. The third-order valence-corrected chi connectivity index (χ3v) is 7.64. The molecule has 0 spiro atoms. The number of piperazine rings is 1. The van der Waals surface area contributed by atoms with Crippen molar-refractivity contribution in [2.24, 2.45) is 0 Å². The Kier molecular flexibility index (Phi) is 6.48. The van der Waals surface area contributed by atoms with E-state index in [0.29, 0.717) is 40.4 Å². The predicted octanol–water partition coefficient (Wildman–Crippen LogP) is 4.62. The molecule has 0 amide bonds. The zero-order valence-corrected chi connectivity index (χ0v) is 21.0. The fraction of sp³-hybridized carbons (Fsp3) is 0.393. The van der Waals surface area contributed by atoms with Gasteiger partial charge < -0.3 is 15.8 Å². The summed E-state index contributed by atoms with van der Waals surface area (Å²) < 4.78 is 23.0. The van der Waals surface area contributed by atoms with E-state index in [1.807, 2.05) is 30.3 Å². The summed E-state index contributed by atoms with van der Waals surface area (Å²) in [5.41, 5.74) is 7.65. The lowest BCUT2D eigenvalue weighted by atomic mass is 9.84. The Bertz CT molecular complexity index is 1380. The van der Waals surface area contributed by atoms with Crippen LogP contribution in [0.25, 0.3) is 16.8 Å². The van der Waals surface area contributed by atoms with Crippen LogP contribution < -0.4 is 15.8 Å². The molecular weight excluding hydrogens is 469 g/mol. The number of fused-ring (bicyclic) bond motifs is 1. The van der Waals surface area contributed by atoms with Crippen LogP contribution in [0.3, 0.4) is 0 Å². The van der Waals surface area contributed by atoms with Crippen LogP contribution in [0.5, 0.6) is 11.5 Å². The van der Waals surface area contributed by atoms with Crippen LogP contribution in [0.4, 0.5) is 10.2 Å². The van der Waals surface area contributed by atoms with Gasteiger partial charge in [-0.1, -0.05) is 18.2 Å². The molecule has 1 atom stereocenters. The molecule has 3 heterocycles. The van der Waals surface area contributed by atoms with E-state index in [9.17, 15) is 0 Å². The largest absolute Gasteiger partial charge is 0.457 e. The minimum atomic E-state index is -0.431. The fourth-order valence-electron chi connectivity index (χ4n) is 5.80. The van der Waals surface area contributed by atoms with Gasteiger partial charge >= 0.3 is 0 Å². The van der Waals surface area contributed by atoms with Crippen molar-refractivity contribution >= 4 is 11.3 Å². The van der Waals surface area contributed by atoms with E-state index in [2.05, 4.69) is 27.2 Å². The molecule has 2 aromatic carbocycles. The molecular formula is C28H32FN7O. The first kappa shape index (κ1) is 23.8. The number of benzene rings is 2. The first-order valence-electron chi connectivity index (χ1n) is 13.1. The number of nitrogens with one attached hydrogen (secondary N) is 1. The molecule has 1 aliphatic heterocycles. The summed E-state index contributed by atoms with van der Waals surface area (Å²) in [6.07, 6.45) is 5.69. The maximum Gasteiger partial charge on any atom is 0.153 e. The number of nitrogens with zero attached hydrogens (tertiary/aromatic N) is 5. The lowest BCUT2D eigenvalue weighted by molar-refractivity contribution is 0.114. The van der Waals surface area contributed by atoms with E-state index in [-0.39, 0.29) is 11.7 Å². The summed E-state index contributed by atoms with van der Waals surface area (Å²) in [5, 5.41) is 8.01. The van der Waals surface area contributed by atoms with Crippen molar-refractivity contribution < 1.29 is 9.13 Å². The third-order valence-electron chi connectivity index (χ3n) is 7.64. The predicted molar refractivity (Wildman–Crippen MR) is 141 cm³/mol. The van der Waals surface area contributed by atoms with Crippen molar-refractivity contribution in [1.82, 2.24) is 29.8 Å². The molecule has 2 aliphatic rings. The van der Waals surface area contributed by atoms with Gasteiger partial charge in [-0.3, -0.25) is 4.90 Å². The number of hydrogen-bond acceptors (Lipinski definition) is 7. The maximum absolute atomic E-state index is 15.4. The number of nitrogens with two attached hydrogens (primary N) is 1. The highest BCUT2D eigenvalue weighted by molar-refractivity contribution is 5.85. The number of imidazole rings is 1. The summed E-state index contributed by atoms with van der Waals surface area (Å²) in [6.45, 7) is 5.49. The van der Waals surface area contributed by atoms with Crippen LogP contribution in [0.1, 0.15) is 44.3 Å². The molecule has 0 radical (unpaired) electrons. The topological polar surface area (TPSA) is 93.6 Å². The Balaban J connectivity index is 1.28. The second kappa shape index (κ2) is 10.1. The summed E-state index contributed by atoms with van der Waals surface area (Å²) in [6, 6.07) is 15.3. The number of anilines is 1. The number of halogens is 1. The van der Waals surface area contributed by atoms with Crippen molar-refractivity contribution in [3.05, 3.63) is 66.5 Å². The molecule has 192 valence electrons. The Morgan fingerprint density at radius 1 is 1.05 bits per heavy atom. The van der Waals surface area contributed by atoms with Crippen LogP contribution in [-0.4, -0.2) is 56.2 Å². The highest BCUT2D eigenvalue weighted by Crippen LogP contribution is 2.39. The maximum atomic E-state index is 15.4. The summed E-state index contributed by atoms with van der Waals surface area (Å²) >= 11 is 0. The van der Waals surface area contributed by atoms with E-state index in [1.165, 1.54) is 12.4 Å². The average Bonchev–Trinajstić information content (AvgIpc) is 3.30. The van der Waals surface area contributed by atoms with Gasteiger partial charge in [-0.2, -0.15) is 5.10 Å². The van der Waals surface area contributed by atoms with E-state index < -0.39 is 5.82 Å². The van der Waals surface area contributed by atoms with Crippen LogP contribution in [0.2, 0.25) is 0 Å². The van der Waals surface area contributed by atoms with Crippen molar-refractivity contribution in [3.63, 3.8) is 0 Å². The quantitative estimate of drug-likeness (QED) is 0.412. The number of rotatable bonds is 5. The first-order valence-corrected chi connectivity index (χ1v) is 13.1. The van der Waals surface area contributed by atoms with Gasteiger partial charge in [0.2, 0.25) is 0 Å². The van der Waals surface area contributed by atoms with Gasteiger partial charge in [-0.05, 0) is 56.9 Å². The van der Waals surface area contributed by atoms with Crippen molar-refractivity contribution in [3.8, 4) is 22.8 Å². The minimum absolute atomic E-state index is 0.232. The number of ether oxygens (including phenoxy) is 1. The summed E-state index contributed by atoms with van der Waals surface area (Å²) in [4.78, 5) is 11.8. The molecule has 3 N–H and O–H groups in total. The monoisotopic (exact) mass is 501 g/mol. The molecule has 0 bridgehead atoms. The van der Waals surface area contributed by atoms with Gasteiger partial charge in [0.1, 0.15) is 40.7 Å². The molecule has 2 fully saturated rings. The lowest BCUT2D eigenvalue weighted by Gasteiger charge is -2.40. The lowest BCUT2D eigenvalue weighted by Crippen LogP contribution is -2.53. The Hall–Kier alpha value is -3.56. The van der Waals surface area contributed by atoms with E-state index in [4.69, 9.17) is 15.5 Å². The van der Waals surface area contributed by atoms with Crippen molar-refractivity contribution in [2.45, 2.75) is 50.6 Å². The number of aromatic nitrogens is 4. The SMILES string of the molecule is CC1CN(C2CCC(c3nc(-c4ccc(Oc5ccccc5)cc4F)c4c(N)ncnn34)CC2)CCN1. The Morgan fingerprint density at radius 2 is 1.86 bits per heavy atom. The second-order valence-electron chi connectivity index (χ2n) is 10.1. The van der Waals surface area contributed by atoms with Gasteiger partial charge in [-0.25, -0.2) is 18.9 Å². The molecule has 1 saturated heterocycles. The molecule has 1 unspecified atom stereocenters. The number of nitrogen functional groups attached to an aromatic ring is 1. The molecule has 8 nitrogen and oxygen atoms in total. The van der Waals surface area contributed by atoms with E-state index in [1.54, 1.807) is 16.6 Å². The van der Waals surface area contributed by atoms with Crippen LogP contribution >= 0.6 is 0 Å². The van der Waals surface area contributed by atoms with Crippen molar-refractivity contribution in [1.29, 1.82) is 0 Å². The Morgan fingerprint density at radius 3 is 2.62 bits per heavy atom. The van der Waals surface area contributed by atoms with Gasteiger partial charge in [0.25, 0.3) is 0 Å². The highest BCUT2D eigenvalue weighted by atomic mass is 19.1. The van der Waals surface area contributed by atoms with Crippen LogP contribution in [-0.2, 0) is 0 Å². The van der Waals surface area contributed by atoms with Crippen LogP contribution in [0.15, 0.2) is 54.9 Å². The third kappa shape index (κ3) is 4.76. The number of hydrogen-bond donors (Lipinski definition) is 2. The van der Waals surface area contributed by atoms with Gasteiger partial charge in [0, 0.05) is 49.3 Å². The van der Waals surface area contributed by atoms with Gasteiger partial charge in [-0.15, -0.1) is 0 Å². The zero-order chi connectivity index (χ0) is 25.4. The highest BCUT2D eigenvalue weighted by Gasteiger charge is 2.32. The standard InChI is InChI=1S/C28H32FN7O/c1-18-16-35(14-13-31-18)20-9-7-19(8-10-20)28-34-25(26-27(30)32-17-33-36(26)28)23-12-11-22(15-24(23)29)37-21-5-3-2-4-6-21/h2-6,11-12,15,17-20,31H,7-10,13-14,16H2,1H3,(H2,30,32,33). The summed E-state index contributed by atoms with van der Waals surface area (Å²) in [5.74, 6) is 1.98.